The van der Waals surface area contributed by atoms with E-state index >= 15 is 0 Å². The number of ether oxygens (including phenoxy) is 1. The first-order valence-electron chi connectivity index (χ1n) is 5.77. The predicted molar refractivity (Wildman–Crippen MR) is 58.3 cm³/mol. The Bertz CT molecular complexity index is 290. The molecule has 1 heterocycles. The standard InChI is InChI=1S/C12H19NO2/c13-8-12-10(6-7-14-12)9-15-11-4-2-1-3-5-11/h6-7,11H,1-5,8-9,13H2. The van der Waals surface area contributed by atoms with Gasteiger partial charge in [0.25, 0.3) is 0 Å². The van der Waals surface area contributed by atoms with Crippen LogP contribution in [0.15, 0.2) is 16.7 Å². The van der Waals surface area contributed by atoms with Gasteiger partial charge in [-0.05, 0) is 18.9 Å². The molecule has 0 aromatic carbocycles. The lowest BCUT2D eigenvalue weighted by molar-refractivity contribution is 0.0162. The van der Waals surface area contributed by atoms with Crippen LogP contribution in [0.1, 0.15) is 43.4 Å². The third kappa shape index (κ3) is 2.83. The monoisotopic (exact) mass is 209 g/mol. The van der Waals surface area contributed by atoms with Crippen LogP contribution in [0.25, 0.3) is 0 Å². The fraction of sp³-hybridized carbons (Fsp3) is 0.667. The molecule has 2 N–H and O–H groups in total. The van der Waals surface area contributed by atoms with E-state index < -0.39 is 0 Å². The van der Waals surface area contributed by atoms with Gasteiger partial charge in [0.15, 0.2) is 0 Å². The third-order valence-corrected chi connectivity index (χ3v) is 3.05. The summed E-state index contributed by atoms with van der Waals surface area (Å²) in [6, 6.07) is 1.95. The van der Waals surface area contributed by atoms with Crippen molar-refractivity contribution in [2.75, 3.05) is 0 Å². The lowest BCUT2D eigenvalue weighted by Crippen LogP contribution is -2.16. The largest absolute Gasteiger partial charge is 0.468 e. The summed E-state index contributed by atoms with van der Waals surface area (Å²) < 4.78 is 11.1. The highest BCUT2D eigenvalue weighted by atomic mass is 16.5. The van der Waals surface area contributed by atoms with E-state index in [-0.39, 0.29) is 0 Å². The average Bonchev–Trinajstić information content (AvgIpc) is 2.75. The van der Waals surface area contributed by atoms with E-state index in [1.54, 1.807) is 6.26 Å². The van der Waals surface area contributed by atoms with E-state index in [9.17, 15) is 0 Å². The molecule has 15 heavy (non-hydrogen) atoms. The molecule has 0 aliphatic heterocycles. The molecule has 0 spiro atoms. The molecule has 0 atom stereocenters. The minimum Gasteiger partial charge on any atom is -0.468 e. The summed E-state index contributed by atoms with van der Waals surface area (Å²) in [5, 5.41) is 0. The van der Waals surface area contributed by atoms with Crippen molar-refractivity contribution >= 4 is 0 Å². The zero-order valence-corrected chi connectivity index (χ0v) is 9.08. The van der Waals surface area contributed by atoms with Crippen LogP contribution in [0.2, 0.25) is 0 Å². The van der Waals surface area contributed by atoms with Crippen LogP contribution in [-0.4, -0.2) is 6.10 Å². The maximum atomic E-state index is 5.85. The summed E-state index contributed by atoms with van der Waals surface area (Å²) in [5.41, 5.74) is 6.65. The summed E-state index contributed by atoms with van der Waals surface area (Å²) in [6.45, 7) is 1.10. The Morgan fingerprint density at radius 1 is 1.33 bits per heavy atom. The SMILES string of the molecule is NCc1occc1COC1CCCCC1. The van der Waals surface area contributed by atoms with Crippen molar-refractivity contribution in [3.63, 3.8) is 0 Å². The van der Waals surface area contributed by atoms with E-state index in [1.165, 1.54) is 32.1 Å². The minimum absolute atomic E-state index is 0.444. The van der Waals surface area contributed by atoms with Gasteiger partial charge in [0.2, 0.25) is 0 Å². The highest BCUT2D eigenvalue weighted by Crippen LogP contribution is 2.22. The molecule has 3 heteroatoms. The molecule has 1 aliphatic rings. The van der Waals surface area contributed by atoms with Gasteiger partial charge < -0.3 is 14.9 Å². The van der Waals surface area contributed by atoms with E-state index in [0.29, 0.717) is 19.3 Å². The van der Waals surface area contributed by atoms with Gasteiger partial charge in [-0.15, -0.1) is 0 Å². The van der Waals surface area contributed by atoms with Crippen molar-refractivity contribution in [1.29, 1.82) is 0 Å². The van der Waals surface area contributed by atoms with Crippen molar-refractivity contribution in [3.8, 4) is 0 Å². The fourth-order valence-corrected chi connectivity index (χ4v) is 2.11. The van der Waals surface area contributed by atoms with Gasteiger partial charge in [0, 0.05) is 5.56 Å². The molecule has 1 fully saturated rings. The summed E-state index contributed by atoms with van der Waals surface area (Å²) >= 11 is 0. The third-order valence-electron chi connectivity index (χ3n) is 3.05. The smallest absolute Gasteiger partial charge is 0.122 e. The molecule has 0 unspecified atom stereocenters. The zero-order valence-electron chi connectivity index (χ0n) is 9.08. The summed E-state index contributed by atoms with van der Waals surface area (Å²) in [4.78, 5) is 0. The molecule has 84 valence electrons. The Kier molecular flexibility index (Phi) is 3.80. The summed E-state index contributed by atoms with van der Waals surface area (Å²) in [6.07, 6.45) is 8.51. The number of furan rings is 1. The highest BCUT2D eigenvalue weighted by Gasteiger charge is 2.14. The van der Waals surface area contributed by atoms with Crippen molar-refractivity contribution in [2.45, 2.75) is 51.4 Å². The Labute approximate surface area is 90.6 Å². The van der Waals surface area contributed by atoms with Gasteiger partial charge in [-0.25, -0.2) is 0 Å². The number of rotatable bonds is 4. The zero-order chi connectivity index (χ0) is 10.5. The van der Waals surface area contributed by atoms with Crippen molar-refractivity contribution in [1.82, 2.24) is 0 Å². The van der Waals surface area contributed by atoms with Crippen LogP contribution in [-0.2, 0) is 17.9 Å². The van der Waals surface area contributed by atoms with Gasteiger partial charge >= 0.3 is 0 Å². The molecular weight excluding hydrogens is 190 g/mol. The van der Waals surface area contributed by atoms with Crippen molar-refractivity contribution in [3.05, 3.63) is 23.7 Å². The topological polar surface area (TPSA) is 48.4 Å². The molecule has 0 bridgehead atoms. The van der Waals surface area contributed by atoms with Gasteiger partial charge in [-0.1, -0.05) is 19.3 Å². The van der Waals surface area contributed by atoms with Gasteiger partial charge in [-0.2, -0.15) is 0 Å². The Morgan fingerprint density at radius 2 is 2.13 bits per heavy atom. The van der Waals surface area contributed by atoms with Crippen molar-refractivity contribution in [2.24, 2.45) is 5.73 Å². The second-order valence-corrected chi connectivity index (χ2v) is 4.14. The highest BCUT2D eigenvalue weighted by molar-refractivity contribution is 5.15. The Hall–Kier alpha value is -0.800. The first kappa shape index (κ1) is 10.7. The normalized spacial score (nSPS) is 18.2. The second kappa shape index (κ2) is 5.33. The number of hydrogen-bond donors (Lipinski definition) is 1. The minimum atomic E-state index is 0.444. The lowest BCUT2D eigenvalue weighted by Gasteiger charge is -2.21. The first-order chi connectivity index (χ1) is 7.40. The lowest BCUT2D eigenvalue weighted by atomic mass is 9.98. The van der Waals surface area contributed by atoms with Crippen LogP contribution in [0, 0.1) is 0 Å². The number of hydrogen-bond acceptors (Lipinski definition) is 3. The fourth-order valence-electron chi connectivity index (χ4n) is 2.11. The maximum absolute atomic E-state index is 5.85. The van der Waals surface area contributed by atoms with E-state index in [1.807, 2.05) is 6.07 Å². The first-order valence-corrected chi connectivity index (χ1v) is 5.77. The molecule has 2 rings (SSSR count). The van der Waals surface area contributed by atoms with Crippen LogP contribution in [0.4, 0.5) is 0 Å². The van der Waals surface area contributed by atoms with E-state index in [2.05, 4.69) is 0 Å². The van der Waals surface area contributed by atoms with Crippen LogP contribution < -0.4 is 5.73 Å². The molecular formula is C12H19NO2. The van der Waals surface area contributed by atoms with E-state index in [4.69, 9.17) is 14.9 Å². The molecule has 1 aromatic heterocycles. The Balaban J connectivity index is 1.81. The van der Waals surface area contributed by atoms with Gasteiger partial charge in [-0.3, -0.25) is 0 Å². The van der Waals surface area contributed by atoms with Crippen LogP contribution in [0.5, 0.6) is 0 Å². The molecule has 0 radical (unpaired) electrons. The number of nitrogens with two attached hydrogens (primary N) is 1. The summed E-state index contributed by atoms with van der Waals surface area (Å²) in [5.74, 6) is 0.853. The molecule has 1 saturated carbocycles. The average molecular weight is 209 g/mol. The summed E-state index contributed by atoms with van der Waals surface area (Å²) in [7, 11) is 0. The molecule has 0 amide bonds. The van der Waals surface area contributed by atoms with Gasteiger partial charge in [0.05, 0.1) is 25.5 Å². The molecule has 0 saturated heterocycles. The quantitative estimate of drug-likeness (QED) is 0.829. The van der Waals surface area contributed by atoms with Crippen LogP contribution in [0.3, 0.4) is 0 Å². The maximum Gasteiger partial charge on any atom is 0.122 e. The van der Waals surface area contributed by atoms with Crippen molar-refractivity contribution < 1.29 is 9.15 Å². The van der Waals surface area contributed by atoms with Gasteiger partial charge in [0.1, 0.15) is 5.76 Å². The van der Waals surface area contributed by atoms with Crippen LogP contribution >= 0.6 is 0 Å². The second-order valence-electron chi connectivity index (χ2n) is 4.14. The molecule has 1 aliphatic carbocycles. The van der Waals surface area contributed by atoms with E-state index in [0.717, 1.165) is 11.3 Å². The molecule has 1 aromatic rings. The molecule has 3 nitrogen and oxygen atoms in total. The Morgan fingerprint density at radius 3 is 2.87 bits per heavy atom. The predicted octanol–water partition coefficient (Wildman–Crippen LogP) is 2.59.